The molecule has 0 fully saturated rings. The van der Waals surface area contributed by atoms with E-state index in [9.17, 15) is 14.0 Å². The van der Waals surface area contributed by atoms with Crippen molar-refractivity contribution in [3.05, 3.63) is 35.1 Å². The molecule has 0 bridgehead atoms. The van der Waals surface area contributed by atoms with Gasteiger partial charge in [-0.1, -0.05) is 12.1 Å². The van der Waals surface area contributed by atoms with Crippen molar-refractivity contribution in [2.75, 3.05) is 6.61 Å². The van der Waals surface area contributed by atoms with Gasteiger partial charge in [0.25, 0.3) is 0 Å². The van der Waals surface area contributed by atoms with E-state index in [-0.39, 0.29) is 24.2 Å². The highest BCUT2D eigenvalue weighted by Crippen LogP contribution is 2.13. The number of esters is 1. The van der Waals surface area contributed by atoms with Crippen LogP contribution in [0.4, 0.5) is 4.39 Å². The van der Waals surface area contributed by atoms with Gasteiger partial charge < -0.3 is 4.74 Å². The zero-order chi connectivity index (χ0) is 11.3. The van der Waals surface area contributed by atoms with Gasteiger partial charge in [0.1, 0.15) is 12.1 Å². The number of ether oxygens (including phenoxy) is 1. The Labute approximate surface area is 86.9 Å². The van der Waals surface area contributed by atoms with Crippen LogP contribution < -0.4 is 0 Å². The number of hydrogen-bond donors (Lipinski definition) is 0. The SMILES string of the molecule is CCOC(=O)Cc1c(F)cccc1C=O. The largest absolute Gasteiger partial charge is 0.466 e. The maximum atomic E-state index is 13.3. The van der Waals surface area contributed by atoms with Crippen LogP contribution in [0.3, 0.4) is 0 Å². The monoisotopic (exact) mass is 210 g/mol. The lowest BCUT2D eigenvalue weighted by molar-refractivity contribution is -0.142. The number of halogens is 1. The minimum atomic E-state index is -0.562. The van der Waals surface area contributed by atoms with Gasteiger partial charge in [-0.25, -0.2) is 4.39 Å². The molecule has 1 aromatic carbocycles. The average molecular weight is 210 g/mol. The first-order valence-corrected chi connectivity index (χ1v) is 4.57. The van der Waals surface area contributed by atoms with Crippen LogP contribution in [0.25, 0.3) is 0 Å². The number of hydrogen-bond acceptors (Lipinski definition) is 3. The van der Waals surface area contributed by atoms with E-state index in [1.165, 1.54) is 18.2 Å². The maximum Gasteiger partial charge on any atom is 0.310 e. The molecule has 4 heteroatoms. The fraction of sp³-hybridized carbons (Fsp3) is 0.273. The van der Waals surface area contributed by atoms with Gasteiger partial charge >= 0.3 is 5.97 Å². The van der Waals surface area contributed by atoms with Crippen molar-refractivity contribution in [3.63, 3.8) is 0 Å². The van der Waals surface area contributed by atoms with Crippen molar-refractivity contribution in [1.29, 1.82) is 0 Å². The highest BCUT2D eigenvalue weighted by molar-refractivity contribution is 5.81. The summed E-state index contributed by atoms with van der Waals surface area (Å²) >= 11 is 0. The van der Waals surface area contributed by atoms with Gasteiger partial charge in [-0.3, -0.25) is 9.59 Å². The molecule has 0 unspecified atom stereocenters. The molecule has 0 saturated heterocycles. The molecule has 0 spiro atoms. The van der Waals surface area contributed by atoms with Crippen molar-refractivity contribution in [2.45, 2.75) is 13.3 Å². The highest BCUT2D eigenvalue weighted by atomic mass is 19.1. The summed E-state index contributed by atoms with van der Waals surface area (Å²) < 4.78 is 17.9. The third kappa shape index (κ3) is 2.87. The van der Waals surface area contributed by atoms with Crippen LogP contribution in [0.1, 0.15) is 22.8 Å². The molecule has 1 aromatic rings. The second-order valence-electron chi connectivity index (χ2n) is 2.91. The number of carbonyl (C=O) groups is 2. The Morgan fingerprint density at radius 3 is 2.87 bits per heavy atom. The van der Waals surface area contributed by atoms with E-state index in [1.54, 1.807) is 6.92 Å². The van der Waals surface area contributed by atoms with Gasteiger partial charge in [0.2, 0.25) is 0 Å². The van der Waals surface area contributed by atoms with Crippen LogP contribution in [0, 0.1) is 5.82 Å². The van der Waals surface area contributed by atoms with Crippen LogP contribution in [0.5, 0.6) is 0 Å². The van der Waals surface area contributed by atoms with Crippen molar-refractivity contribution in [1.82, 2.24) is 0 Å². The third-order valence-corrected chi connectivity index (χ3v) is 1.91. The average Bonchev–Trinajstić information content (AvgIpc) is 2.21. The second-order valence-corrected chi connectivity index (χ2v) is 2.91. The Morgan fingerprint density at radius 2 is 2.27 bits per heavy atom. The van der Waals surface area contributed by atoms with Crippen LogP contribution in [-0.4, -0.2) is 18.9 Å². The molecular formula is C11H11FO3. The molecule has 0 amide bonds. The minimum Gasteiger partial charge on any atom is -0.466 e. The number of aldehydes is 1. The van der Waals surface area contributed by atoms with Crippen molar-refractivity contribution in [2.24, 2.45) is 0 Å². The van der Waals surface area contributed by atoms with E-state index in [1.807, 2.05) is 0 Å². The minimum absolute atomic E-state index is 0.0888. The summed E-state index contributed by atoms with van der Waals surface area (Å²) in [6.45, 7) is 1.91. The lowest BCUT2D eigenvalue weighted by atomic mass is 10.1. The predicted octanol–water partition coefficient (Wildman–Crippen LogP) is 1.74. The van der Waals surface area contributed by atoms with Crippen LogP contribution >= 0.6 is 0 Å². The van der Waals surface area contributed by atoms with Crippen molar-refractivity contribution in [3.8, 4) is 0 Å². The van der Waals surface area contributed by atoms with E-state index in [0.29, 0.717) is 6.29 Å². The number of rotatable bonds is 4. The van der Waals surface area contributed by atoms with Crippen molar-refractivity contribution < 1.29 is 18.7 Å². The first-order chi connectivity index (χ1) is 7.19. The topological polar surface area (TPSA) is 43.4 Å². The molecule has 0 aliphatic heterocycles. The summed E-state index contributed by atoms with van der Waals surface area (Å²) in [5.74, 6) is -1.10. The third-order valence-electron chi connectivity index (χ3n) is 1.91. The van der Waals surface area contributed by atoms with Gasteiger partial charge in [-0.05, 0) is 13.0 Å². The zero-order valence-corrected chi connectivity index (χ0v) is 8.33. The Balaban J connectivity index is 2.92. The van der Waals surface area contributed by atoms with Crippen molar-refractivity contribution >= 4 is 12.3 Å². The van der Waals surface area contributed by atoms with Gasteiger partial charge in [0, 0.05) is 11.1 Å². The molecule has 0 heterocycles. The Kier molecular flexibility index (Phi) is 3.97. The molecule has 3 nitrogen and oxygen atoms in total. The van der Waals surface area contributed by atoms with Gasteiger partial charge in [-0.15, -0.1) is 0 Å². The number of carbonyl (C=O) groups excluding carboxylic acids is 2. The zero-order valence-electron chi connectivity index (χ0n) is 8.33. The highest BCUT2D eigenvalue weighted by Gasteiger charge is 2.12. The lowest BCUT2D eigenvalue weighted by Gasteiger charge is -2.05. The quantitative estimate of drug-likeness (QED) is 0.561. The van der Waals surface area contributed by atoms with Crippen LogP contribution in [-0.2, 0) is 16.0 Å². The molecular weight excluding hydrogens is 199 g/mol. The summed E-state index contributed by atoms with van der Waals surface area (Å²) in [6, 6.07) is 4.10. The fourth-order valence-corrected chi connectivity index (χ4v) is 1.23. The summed E-state index contributed by atoms with van der Waals surface area (Å²) in [7, 11) is 0. The molecule has 0 aliphatic rings. The molecule has 0 atom stereocenters. The van der Waals surface area contributed by atoms with Crippen LogP contribution in [0.2, 0.25) is 0 Å². The molecule has 1 rings (SSSR count). The van der Waals surface area contributed by atoms with E-state index in [4.69, 9.17) is 0 Å². The summed E-state index contributed by atoms with van der Waals surface area (Å²) in [6.07, 6.45) is 0.312. The first-order valence-electron chi connectivity index (χ1n) is 4.57. The Morgan fingerprint density at radius 1 is 1.53 bits per heavy atom. The smallest absolute Gasteiger partial charge is 0.310 e. The molecule has 0 saturated carbocycles. The molecule has 80 valence electrons. The Bertz CT molecular complexity index is 374. The normalized spacial score (nSPS) is 9.73. The van der Waals surface area contributed by atoms with Crippen LogP contribution in [0.15, 0.2) is 18.2 Å². The van der Waals surface area contributed by atoms with E-state index < -0.39 is 11.8 Å². The fourth-order valence-electron chi connectivity index (χ4n) is 1.23. The lowest BCUT2D eigenvalue weighted by Crippen LogP contribution is -2.10. The van der Waals surface area contributed by atoms with E-state index in [0.717, 1.165) is 0 Å². The summed E-state index contributed by atoms with van der Waals surface area (Å²) in [5.41, 5.74) is 0.272. The molecule has 0 aromatic heterocycles. The molecule has 0 radical (unpaired) electrons. The predicted molar refractivity (Wildman–Crippen MR) is 52.1 cm³/mol. The maximum absolute atomic E-state index is 13.3. The van der Waals surface area contributed by atoms with Gasteiger partial charge in [-0.2, -0.15) is 0 Å². The van der Waals surface area contributed by atoms with Gasteiger partial charge in [0.15, 0.2) is 0 Å². The summed E-state index contributed by atoms with van der Waals surface area (Å²) in [4.78, 5) is 21.7. The second kappa shape index (κ2) is 5.24. The standard InChI is InChI=1S/C11H11FO3/c1-2-15-11(14)6-9-8(7-13)4-3-5-10(9)12/h3-5,7H,2,6H2,1H3. The first kappa shape index (κ1) is 11.4. The Hall–Kier alpha value is -1.71. The molecule has 0 N–H and O–H groups in total. The van der Waals surface area contributed by atoms with Gasteiger partial charge in [0.05, 0.1) is 13.0 Å². The van der Waals surface area contributed by atoms with E-state index in [2.05, 4.69) is 4.74 Å². The molecule has 15 heavy (non-hydrogen) atoms. The van der Waals surface area contributed by atoms with E-state index >= 15 is 0 Å². The number of benzene rings is 1. The summed E-state index contributed by atoms with van der Waals surface area (Å²) in [5, 5.41) is 0. The molecule has 0 aliphatic carbocycles.